The Bertz CT molecular complexity index is 460. The van der Waals surface area contributed by atoms with Crippen molar-refractivity contribution >= 4 is 11.4 Å². The SMILES string of the molecule is C=C(Nc1ccc(CC)cc1)C(C=C(C)C)=NC. The van der Waals surface area contributed by atoms with Crippen molar-refractivity contribution < 1.29 is 0 Å². The van der Waals surface area contributed by atoms with Crippen molar-refractivity contribution in [2.75, 3.05) is 12.4 Å². The monoisotopic (exact) mass is 242 g/mol. The highest BCUT2D eigenvalue weighted by molar-refractivity contribution is 6.10. The van der Waals surface area contributed by atoms with Gasteiger partial charge in [0.25, 0.3) is 0 Å². The third-order valence-electron chi connectivity index (χ3n) is 2.63. The van der Waals surface area contributed by atoms with Crippen LogP contribution in [0.15, 0.2) is 53.2 Å². The minimum absolute atomic E-state index is 0.822. The van der Waals surface area contributed by atoms with E-state index >= 15 is 0 Å². The summed E-state index contributed by atoms with van der Waals surface area (Å²) < 4.78 is 0. The van der Waals surface area contributed by atoms with E-state index in [-0.39, 0.29) is 0 Å². The molecule has 0 aromatic heterocycles. The van der Waals surface area contributed by atoms with Gasteiger partial charge in [-0.05, 0) is 44.0 Å². The molecule has 1 aromatic carbocycles. The molecule has 96 valence electrons. The Labute approximate surface area is 110 Å². The molecule has 0 aliphatic rings. The molecule has 0 atom stereocenters. The Balaban J connectivity index is 2.77. The van der Waals surface area contributed by atoms with Crippen LogP contribution in [0, 0.1) is 0 Å². The summed E-state index contributed by atoms with van der Waals surface area (Å²) in [5, 5.41) is 3.28. The van der Waals surface area contributed by atoms with Crippen LogP contribution in [0.3, 0.4) is 0 Å². The number of nitrogens with zero attached hydrogens (tertiary/aromatic N) is 1. The van der Waals surface area contributed by atoms with Gasteiger partial charge < -0.3 is 5.32 Å². The molecule has 1 aromatic rings. The lowest BCUT2D eigenvalue weighted by atomic mass is 10.1. The Hall–Kier alpha value is -1.83. The van der Waals surface area contributed by atoms with Crippen molar-refractivity contribution in [3.05, 3.63) is 53.8 Å². The molecule has 0 bridgehead atoms. The molecule has 18 heavy (non-hydrogen) atoms. The lowest BCUT2D eigenvalue weighted by molar-refractivity contribution is 1.14. The van der Waals surface area contributed by atoms with E-state index in [1.807, 2.05) is 6.08 Å². The van der Waals surface area contributed by atoms with Gasteiger partial charge >= 0.3 is 0 Å². The highest BCUT2D eigenvalue weighted by atomic mass is 14.9. The Morgan fingerprint density at radius 1 is 1.28 bits per heavy atom. The average Bonchev–Trinajstić information content (AvgIpc) is 2.36. The molecule has 0 radical (unpaired) electrons. The maximum absolute atomic E-state index is 4.24. The van der Waals surface area contributed by atoms with Crippen LogP contribution in [-0.4, -0.2) is 12.8 Å². The predicted molar refractivity (Wildman–Crippen MR) is 81.4 cm³/mol. The first-order valence-corrected chi connectivity index (χ1v) is 6.23. The number of hydrogen-bond donors (Lipinski definition) is 1. The van der Waals surface area contributed by atoms with E-state index in [0.29, 0.717) is 0 Å². The molecule has 0 saturated carbocycles. The van der Waals surface area contributed by atoms with E-state index in [1.54, 1.807) is 7.05 Å². The summed E-state index contributed by atoms with van der Waals surface area (Å²) in [7, 11) is 1.78. The highest BCUT2D eigenvalue weighted by Gasteiger charge is 2.01. The van der Waals surface area contributed by atoms with Crippen LogP contribution < -0.4 is 5.32 Å². The first-order valence-electron chi connectivity index (χ1n) is 6.23. The van der Waals surface area contributed by atoms with E-state index in [4.69, 9.17) is 0 Å². The van der Waals surface area contributed by atoms with Gasteiger partial charge in [-0.2, -0.15) is 0 Å². The zero-order valence-corrected chi connectivity index (χ0v) is 11.7. The topological polar surface area (TPSA) is 24.4 Å². The molecule has 0 saturated heterocycles. The minimum Gasteiger partial charge on any atom is -0.354 e. The van der Waals surface area contributed by atoms with Crippen molar-refractivity contribution in [3.8, 4) is 0 Å². The molecule has 2 nitrogen and oxygen atoms in total. The second kappa shape index (κ2) is 6.80. The summed E-state index contributed by atoms with van der Waals surface area (Å²) in [5.41, 5.74) is 5.29. The van der Waals surface area contributed by atoms with Gasteiger partial charge in [-0.1, -0.05) is 31.2 Å². The van der Waals surface area contributed by atoms with E-state index in [9.17, 15) is 0 Å². The summed E-state index contributed by atoms with van der Waals surface area (Å²) in [5.74, 6) is 0. The van der Waals surface area contributed by atoms with Gasteiger partial charge in [0.05, 0.1) is 11.4 Å². The number of anilines is 1. The fraction of sp³-hybridized carbons (Fsp3) is 0.312. The number of rotatable bonds is 5. The summed E-state index contributed by atoms with van der Waals surface area (Å²) >= 11 is 0. The number of allylic oxidation sites excluding steroid dienone is 2. The van der Waals surface area contributed by atoms with Crippen LogP contribution in [0.4, 0.5) is 5.69 Å². The summed E-state index contributed by atoms with van der Waals surface area (Å²) in [4.78, 5) is 4.24. The maximum atomic E-state index is 4.24. The van der Waals surface area contributed by atoms with Crippen LogP contribution >= 0.6 is 0 Å². The smallest absolute Gasteiger partial charge is 0.0798 e. The zero-order valence-electron chi connectivity index (χ0n) is 11.7. The first kappa shape index (κ1) is 14.2. The largest absolute Gasteiger partial charge is 0.354 e. The van der Waals surface area contributed by atoms with Crippen LogP contribution in [0.25, 0.3) is 0 Å². The van der Waals surface area contributed by atoms with E-state index in [1.165, 1.54) is 11.1 Å². The van der Waals surface area contributed by atoms with E-state index < -0.39 is 0 Å². The quantitative estimate of drug-likeness (QED) is 0.768. The second-order valence-electron chi connectivity index (χ2n) is 4.48. The third kappa shape index (κ3) is 4.21. The molecular weight excluding hydrogens is 220 g/mol. The summed E-state index contributed by atoms with van der Waals surface area (Å²) in [6.07, 6.45) is 3.08. The average molecular weight is 242 g/mol. The maximum Gasteiger partial charge on any atom is 0.0798 e. The van der Waals surface area contributed by atoms with Crippen LogP contribution in [-0.2, 0) is 6.42 Å². The number of nitrogens with one attached hydrogen (secondary N) is 1. The van der Waals surface area contributed by atoms with Crippen LogP contribution in [0.2, 0.25) is 0 Å². The zero-order chi connectivity index (χ0) is 13.5. The highest BCUT2D eigenvalue weighted by Crippen LogP contribution is 2.13. The van der Waals surface area contributed by atoms with E-state index in [0.717, 1.165) is 23.5 Å². The molecule has 0 amide bonds. The molecule has 0 fully saturated rings. The van der Waals surface area contributed by atoms with E-state index in [2.05, 4.69) is 61.9 Å². The predicted octanol–water partition coefficient (Wildman–Crippen LogP) is 4.21. The lowest BCUT2D eigenvalue weighted by Gasteiger charge is -2.10. The Morgan fingerprint density at radius 3 is 2.33 bits per heavy atom. The van der Waals surface area contributed by atoms with Gasteiger partial charge in [-0.25, -0.2) is 0 Å². The van der Waals surface area contributed by atoms with Gasteiger partial charge in [0, 0.05) is 12.7 Å². The molecule has 0 spiro atoms. The van der Waals surface area contributed by atoms with Crippen molar-refractivity contribution in [1.29, 1.82) is 0 Å². The van der Waals surface area contributed by atoms with Crippen molar-refractivity contribution in [2.45, 2.75) is 27.2 Å². The molecular formula is C16H22N2. The standard InChI is InChI=1S/C16H22N2/c1-6-14-7-9-15(10-8-14)18-13(4)16(17-5)11-12(2)3/h7-11,18H,4,6H2,1-3,5H3. The molecule has 1 N–H and O–H groups in total. The summed E-state index contributed by atoms with van der Waals surface area (Å²) in [6.45, 7) is 10.3. The van der Waals surface area contributed by atoms with Crippen molar-refractivity contribution in [1.82, 2.24) is 0 Å². The first-order chi connectivity index (χ1) is 8.56. The van der Waals surface area contributed by atoms with Gasteiger partial charge in [-0.3, -0.25) is 4.99 Å². The number of aliphatic imine (C=N–C) groups is 1. The van der Waals surface area contributed by atoms with Gasteiger partial charge in [-0.15, -0.1) is 0 Å². The lowest BCUT2D eigenvalue weighted by Crippen LogP contribution is -2.08. The number of aryl methyl sites for hydroxylation is 1. The van der Waals surface area contributed by atoms with Crippen molar-refractivity contribution in [2.24, 2.45) is 4.99 Å². The Kier molecular flexibility index (Phi) is 5.37. The molecule has 0 aliphatic carbocycles. The third-order valence-corrected chi connectivity index (χ3v) is 2.63. The van der Waals surface area contributed by atoms with Gasteiger partial charge in [0.1, 0.15) is 0 Å². The molecule has 0 unspecified atom stereocenters. The van der Waals surface area contributed by atoms with Crippen LogP contribution in [0.5, 0.6) is 0 Å². The number of hydrogen-bond acceptors (Lipinski definition) is 2. The van der Waals surface area contributed by atoms with Crippen LogP contribution in [0.1, 0.15) is 26.3 Å². The van der Waals surface area contributed by atoms with Crippen molar-refractivity contribution in [3.63, 3.8) is 0 Å². The molecule has 1 rings (SSSR count). The van der Waals surface area contributed by atoms with Gasteiger partial charge in [0.15, 0.2) is 0 Å². The Morgan fingerprint density at radius 2 is 1.89 bits per heavy atom. The fourth-order valence-corrected chi connectivity index (χ4v) is 1.62. The summed E-state index contributed by atoms with van der Waals surface area (Å²) in [6, 6.07) is 8.39. The fourth-order valence-electron chi connectivity index (χ4n) is 1.62. The number of benzene rings is 1. The molecule has 0 aliphatic heterocycles. The normalized spacial score (nSPS) is 11.0. The molecule has 2 heteroatoms. The molecule has 0 heterocycles. The minimum atomic E-state index is 0.822. The van der Waals surface area contributed by atoms with Gasteiger partial charge in [0.2, 0.25) is 0 Å². The second-order valence-corrected chi connectivity index (χ2v) is 4.48.